The largest absolute Gasteiger partial charge is 0.493 e. The summed E-state index contributed by atoms with van der Waals surface area (Å²) < 4.78 is 6.11. The molecule has 1 N–H and O–H groups in total. The van der Waals surface area contributed by atoms with Gasteiger partial charge in [-0.3, -0.25) is 0 Å². The maximum atomic E-state index is 10.8. The van der Waals surface area contributed by atoms with Gasteiger partial charge in [0, 0.05) is 24.4 Å². The van der Waals surface area contributed by atoms with Crippen molar-refractivity contribution in [1.29, 1.82) is 0 Å². The van der Waals surface area contributed by atoms with Crippen molar-refractivity contribution in [2.24, 2.45) is 5.92 Å². The second-order valence-corrected chi connectivity index (χ2v) is 9.30. The Hall–Kier alpha value is -2.91. The number of ether oxygens (including phenoxy) is 1. The third kappa shape index (κ3) is 4.49. The molecule has 0 aromatic heterocycles. The van der Waals surface area contributed by atoms with Crippen LogP contribution in [0.3, 0.4) is 0 Å². The molecule has 5 rings (SSSR count). The Morgan fingerprint density at radius 3 is 2.66 bits per heavy atom. The molecule has 2 aliphatic carbocycles. The van der Waals surface area contributed by atoms with Gasteiger partial charge in [-0.05, 0) is 78.1 Å². The van der Waals surface area contributed by atoms with Crippen molar-refractivity contribution in [3.8, 4) is 16.9 Å². The van der Waals surface area contributed by atoms with Crippen LogP contribution in [0.25, 0.3) is 11.1 Å². The molecule has 0 spiro atoms. The number of nitrogens with one attached hydrogen (secondary N) is 1. The molecule has 164 valence electrons. The Morgan fingerprint density at radius 2 is 1.88 bits per heavy atom. The molecule has 2 aliphatic rings. The van der Waals surface area contributed by atoms with E-state index >= 15 is 0 Å². The summed E-state index contributed by atoms with van der Waals surface area (Å²) in [5.41, 5.74) is 7.96. The van der Waals surface area contributed by atoms with Crippen molar-refractivity contribution < 1.29 is 9.53 Å². The topological polar surface area (TPSA) is 38.3 Å². The fourth-order valence-corrected chi connectivity index (χ4v) is 5.16. The second kappa shape index (κ2) is 9.30. The van der Waals surface area contributed by atoms with Crippen molar-refractivity contribution in [3.63, 3.8) is 0 Å². The first-order chi connectivity index (χ1) is 15.7. The summed E-state index contributed by atoms with van der Waals surface area (Å²) in [5.74, 6) is 1.23. The fourth-order valence-electron chi connectivity index (χ4n) is 5.16. The molecule has 0 radical (unpaired) electrons. The van der Waals surface area contributed by atoms with Crippen molar-refractivity contribution in [2.45, 2.75) is 51.1 Å². The van der Waals surface area contributed by atoms with Crippen molar-refractivity contribution in [3.05, 3.63) is 89.0 Å². The molecule has 1 saturated carbocycles. The summed E-state index contributed by atoms with van der Waals surface area (Å²) in [6.45, 7) is 2.86. The smallest absolute Gasteiger partial charge is 0.123 e. The molecule has 3 aromatic carbocycles. The Balaban J connectivity index is 1.15. The van der Waals surface area contributed by atoms with Gasteiger partial charge in [-0.25, -0.2) is 0 Å². The second-order valence-electron chi connectivity index (χ2n) is 9.30. The summed E-state index contributed by atoms with van der Waals surface area (Å²) >= 11 is 0. The van der Waals surface area contributed by atoms with E-state index < -0.39 is 0 Å². The fraction of sp³-hybridized carbons (Fsp3) is 0.345. The van der Waals surface area contributed by atoms with E-state index in [1.54, 1.807) is 0 Å². The number of rotatable bonds is 8. The molecule has 1 atom stereocenters. The monoisotopic (exact) mass is 425 g/mol. The Bertz CT molecular complexity index is 1090. The molecule has 0 amide bonds. The number of benzene rings is 3. The molecule has 3 aromatic rings. The summed E-state index contributed by atoms with van der Waals surface area (Å²) in [7, 11) is 0. The van der Waals surface area contributed by atoms with E-state index in [4.69, 9.17) is 4.74 Å². The van der Waals surface area contributed by atoms with Crippen molar-refractivity contribution in [2.75, 3.05) is 6.61 Å². The van der Waals surface area contributed by atoms with Gasteiger partial charge in [0.1, 0.15) is 12.0 Å². The van der Waals surface area contributed by atoms with Gasteiger partial charge in [-0.15, -0.1) is 0 Å². The maximum absolute atomic E-state index is 10.8. The lowest BCUT2D eigenvalue weighted by molar-refractivity contribution is -0.113. The van der Waals surface area contributed by atoms with Crippen LogP contribution in [0.15, 0.2) is 66.7 Å². The van der Waals surface area contributed by atoms with E-state index in [0.717, 1.165) is 44.1 Å². The highest BCUT2D eigenvalue weighted by Crippen LogP contribution is 2.36. The van der Waals surface area contributed by atoms with Gasteiger partial charge < -0.3 is 14.8 Å². The highest BCUT2D eigenvalue weighted by Gasteiger charge is 2.32. The number of aldehydes is 1. The van der Waals surface area contributed by atoms with E-state index in [0.29, 0.717) is 18.7 Å². The highest BCUT2D eigenvalue weighted by molar-refractivity contribution is 5.67. The molecule has 0 aliphatic heterocycles. The Labute approximate surface area is 190 Å². The maximum Gasteiger partial charge on any atom is 0.123 e. The number of carbonyl (C=O) groups is 1. The molecule has 3 heteroatoms. The molecule has 0 heterocycles. The van der Waals surface area contributed by atoms with Crippen LogP contribution in [0, 0.1) is 12.8 Å². The number of hydrogen-bond acceptors (Lipinski definition) is 3. The number of carbonyl (C=O) groups excluding carboxylic acids is 1. The normalized spacial score (nSPS) is 21.6. The molecular weight excluding hydrogens is 394 g/mol. The predicted octanol–water partition coefficient (Wildman–Crippen LogP) is 5.84. The summed E-state index contributed by atoms with van der Waals surface area (Å²) in [4.78, 5) is 10.8. The van der Waals surface area contributed by atoms with Crippen LogP contribution < -0.4 is 10.1 Å². The van der Waals surface area contributed by atoms with Crippen LogP contribution in [-0.2, 0) is 17.6 Å². The van der Waals surface area contributed by atoms with Gasteiger partial charge in [0.05, 0.1) is 6.61 Å². The van der Waals surface area contributed by atoms with E-state index in [1.807, 2.05) is 0 Å². The predicted molar refractivity (Wildman–Crippen MR) is 129 cm³/mol. The first-order valence-corrected chi connectivity index (χ1v) is 11.8. The zero-order chi connectivity index (χ0) is 21.9. The van der Waals surface area contributed by atoms with Crippen LogP contribution in [0.5, 0.6) is 5.75 Å². The standard InChI is InChI=1S/C29H31NO2/c1-20-15-21(7-10-27(20)23-5-3-2-4-6-23)13-14-32-26-9-11-28-24(18-26)8-12-29(28)30-25-16-22(17-25)19-31/h2-7,9-11,15,18-19,22,25,29-30H,8,12-14,16-17H2,1H3/t22-,25-,29?. The van der Waals surface area contributed by atoms with Crippen molar-refractivity contribution >= 4 is 6.29 Å². The molecule has 1 fully saturated rings. The Kier molecular flexibility index (Phi) is 6.09. The van der Waals surface area contributed by atoms with Crippen LogP contribution in [0.4, 0.5) is 0 Å². The quantitative estimate of drug-likeness (QED) is 0.461. The number of fused-ring (bicyclic) bond motifs is 1. The van der Waals surface area contributed by atoms with E-state index in [1.165, 1.54) is 33.4 Å². The SMILES string of the molecule is Cc1cc(CCOc2ccc3c(c2)CCC3N[C@H]2C[C@H](C=O)C2)ccc1-c1ccccc1. The zero-order valence-corrected chi connectivity index (χ0v) is 18.7. The first kappa shape index (κ1) is 21.0. The van der Waals surface area contributed by atoms with Gasteiger partial charge >= 0.3 is 0 Å². The molecule has 1 unspecified atom stereocenters. The minimum Gasteiger partial charge on any atom is -0.493 e. The van der Waals surface area contributed by atoms with E-state index in [9.17, 15) is 4.79 Å². The lowest BCUT2D eigenvalue weighted by atomic mass is 9.81. The molecular formula is C29H31NO2. The average Bonchev–Trinajstić information content (AvgIpc) is 3.18. The van der Waals surface area contributed by atoms with Crippen LogP contribution in [-0.4, -0.2) is 18.9 Å². The minimum absolute atomic E-state index is 0.266. The van der Waals surface area contributed by atoms with Gasteiger partial charge in [0.2, 0.25) is 0 Å². The lowest BCUT2D eigenvalue weighted by Crippen LogP contribution is -2.43. The number of aryl methyl sites for hydroxylation is 2. The van der Waals surface area contributed by atoms with Gasteiger partial charge in [0.25, 0.3) is 0 Å². The first-order valence-electron chi connectivity index (χ1n) is 11.8. The van der Waals surface area contributed by atoms with Crippen LogP contribution in [0.1, 0.15) is 47.6 Å². The van der Waals surface area contributed by atoms with Gasteiger partial charge in [-0.1, -0.05) is 54.6 Å². The minimum atomic E-state index is 0.266. The average molecular weight is 426 g/mol. The highest BCUT2D eigenvalue weighted by atomic mass is 16.5. The van der Waals surface area contributed by atoms with Gasteiger partial charge in [0.15, 0.2) is 0 Å². The zero-order valence-electron chi connectivity index (χ0n) is 18.7. The lowest BCUT2D eigenvalue weighted by Gasteiger charge is -2.35. The van der Waals surface area contributed by atoms with Crippen LogP contribution >= 0.6 is 0 Å². The third-order valence-electron chi connectivity index (χ3n) is 7.03. The molecule has 32 heavy (non-hydrogen) atoms. The van der Waals surface area contributed by atoms with Crippen molar-refractivity contribution in [1.82, 2.24) is 5.32 Å². The third-order valence-corrected chi connectivity index (χ3v) is 7.03. The Morgan fingerprint density at radius 1 is 1.03 bits per heavy atom. The van der Waals surface area contributed by atoms with E-state index in [2.05, 4.69) is 79.0 Å². The summed E-state index contributed by atoms with van der Waals surface area (Å²) in [5, 5.41) is 3.74. The van der Waals surface area contributed by atoms with E-state index in [-0.39, 0.29) is 5.92 Å². The molecule has 3 nitrogen and oxygen atoms in total. The number of hydrogen-bond donors (Lipinski definition) is 1. The van der Waals surface area contributed by atoms with Crippen LogP contribution in [0.2, 0.25) is 0 Å². The summed E-state index contributed by atoms with van der Waals surface area (Å²) in [6, 6.07) is 24.7. The molecule has 0 bridgehead atoms. The summed E-state index contributed by atoms with van der Waals surface area (Å²) in [6.07, 6.45) is 6.20. The van der Waals surface area contributed by atoms with Gasteiger partial charge in [-0.2, -0.15) is 0 Å². The molecule has 0 saturated heterocycles.